The number of fused-ring (bicyclic) bond motifs is 5. The monoisotopic (exact) mass is 487 g/mol. The maximum atomic E-state index is 6.46. The van der Waals surface area contributed by atoms with Crippen LogP contribution in [0.4, 0.5) is 0 Å². The zero-order valence-electron chi connectivity index (χ0n) is 20.4. The SMILES string of the molecule is c1ccc(-c2nc3ccccc3n2-c2cccc(-c3c4ccccc4nc4c3oc3ccccc34)c2)cc1. The molecule has 38 heavy (non-hydrogen) atoms. The van der Waals surface area contributed by atoms with Crippen molar-refractivity contribution in [2.75, 3.05) is 0 Å². The molecule has 3 heterocycles. The van der Waals surface area contributed by atoms with Crippen LogP contribution in [0.15, 0.2) is 132 Å². The van der Waals surface area contributed by atoms with Crippen molar-refractivity contribution in [1.29, 1.82) is 0 Å². The highest BCUT2D eigenvalue weighted by Gasteiger charge is 2.19. The summed E-state index contributed by atoms with van der Waals surface area (Å²) in [6, 6.07) is 43.7. The molecule has 0 radical (unpaired) electrons. The minimum atomic E-state index is 0.806. The van der Waals surface area contributed by atoms with Crippen LogP contribution in [0.1, 0.15) is 0 Å². The Bertz CT molecular complexity index is 2140. The molecule has 0 aliphatic carbocycles. The molecule has 0 aliphatic heterocycles. The molecule has 0 fully saturated rings. The number of rotatable bonds is 3. The van der Waals surface area contributed by atoms with E-state index in [0.29, 0.717) is 0 Å². The molecule has 0 aliphatic rings. The Morgan fingerprint density at radius 1 is 0.553 bits per heavy atom. The number of para-hydroxylation sites is 4. The van der Waals surface area contributed by atoms with Crippen molar-refractivity contribution >= 4 is 44.0 Å². The van der Waals surface area contributed by atoms with Crippen molar-refractivity contribution in [1.82, 2.24) is 14.5 Å². The van der Waals surface area contributed by atoms with Gasteiger partial charge in [-0.1, -0.05) is 84.9 Å². The van der Waals surface area contributed by atoms with Gasteiger partial charge in [-0.05, 0) is 48.0 Å². The highest BCUT2D eigenvalue weighted by molar-refractivity contribution is 6.15. The van der Waals surface area contributed by atoms with Gasteiger partial charge in [-0.15, -0.1) is 0 Å². The highest BCUT2D eigenvalue weighted by atomic mass is 16.3. The molecule has 8 aromatic rings. The van der Waals surface area contributed by atoms with E-state index in [2.05, 4.69) is 95.6 Å². The van der Waals surface area contributed by atoms with E-state index in [9.17, 15) is 0 Å². The van der Waals surface area contributed by atoms with Crippen LogP contribution < -0.4 is 0 Å². The molecule has 0 saturated carbocycles. The van der Waals surface area contributed by atoms with E-state index in [1.54, 1.807) is 0 Å². The van der Waals surface area contributed by atoms with Crippen LogP contribution >= 0.6 is 0 Å². The van der Waals surface area contributed by atoms with Gasteiger partial charge in [0.05, 0.1) is 16.6 Å². The first kappa shape index (κ1) is 20.9. The molecule has 4 nitrogen and oxygen atoms in total. The Kier molecular flexibility index (Phi) is 4.49. The number of pyridine rings is 1. The number of hydrogen-bond acceptors (Lipinski definition) is 3. The number of imidazole rings is 1. The van der Waals surface area contributed by atoms with Crippen LogP contribution in [0, 0.1) is 0 Å². The molecule has 0 spiro atoms. The van der Waals surface area contributed by atoms with E-state index in [1.165, 1.54) is 0 Å². The lowest BCUT2D eigenvalue weighted by Gasteiger charge is -2.13. The molecule has 0 bridgehead atoms. The largest absolute Gasteiger partial charge is 0.454 e. The zero-order chi connectivity index (χ0) is 25.1. The predicted molar refractivity (Wildman–Crippen MR) is 155 cm³/mol. The number of aromatic nitrogens is 3. The van der Waals surface area contributed by atoms with Crippen LogP contribution in [0.5, 0.6) is 0 Å². The maximum Gasteiger partial charge on any atom is 0.162 e. The summed E-state index contributed by atoms with van der Waals surface area (Å²) in [6.07, 6.45) is 0. The third-order valence-corrected chi connectivity index (χ3v) is 7.19. The van der Waals surface area contributed by atoms with Gasteiger partial charge in [0.2, 0.25) is 0 Å². The fourth-order valence-electron chi connectivity index (χ4n) is 5.49. The van der Waals surface area contributed by atoms with Crippen molar-refractivity contribution in [3.63, 3.8) is 0 Å². The standard InChI is InChI=1S/C34H21N3O/c1-2-11-22(12-3-1)34-36-28-18-7-8-19-29(28)37(34)24-14-10-13-23(21-24)31-25-15-4-6-17-27(25)35-32-26-16-5-9-20-30(26)38-33(31)32/h1-21H. The fourth-order valence-corrected chi connectivity index (χ4v) is 5.49. The molecule has 0 saturated heterocycles. The molecule has 4 heteroatoms. The Balaban J connectivity index is 1.44. The molecule has 3 aromatic heterocycles. The first-order valence-corrected chi connectivity index (χ1v) is 12.7. The summed E-state index contributed by atoms with van der Waals surface area (Å²) in [7, 11) is 0. The van der Waals surface area contributed by atoms with E-state index in [-0.39, 0.29) is 0 Å². The third kappa shape index (κ3) is 3.10. The van der Waals surface area contributed by atoms with Gasteiger partial charge in [0.25, 0.3) is 0 Å². The first-order chi connectivity index (χ1) is 18.8. The third-order valence-electron chi connectivity index (χ3n) is 7.19. The van der Waals surface area contributed by atoms with E-state index in [1.807, 2.05) is 36.4 Å². The smallest absolute Gasteiger partial charge is 0.162 e. The van der Waals surface area contributed by atoms with Gasteiger partial charge in [0, 0.05) is 27.6 Å². The minimum Gasteiger partial charge on any atom is -0.454 e. The Labute approximate surface area is 218 Å². The topological polar surface area (TPSA) is 43.9 Å². The van der Waals surface area contributed by atoms with Crippen LogP contribution in [-0.2, 0) is 0 Å². The van der Waals surface area contributed by atoms with Crippen molar-refractivity contribution in [3.8, 4) is 28.2 Å². The molecular formula is C34H21N3O. The normalized spacial score (nSPS) is 11.7. The minimum absolute atomic E-state index is 0.806. The second-order valence-corrected chi connectivity index (χ2v) is 9.46. The number of benzene rings is 5. The van der Waals surface area contributed by atoms with Gasteiger partial charge < -0.3 is 4.42 Å². The van der Waals surface area contributed by atoms with E-state index in [4.69, 9.17) is 14.4 Å². The van der Waals surface area contributed by atoms with Gasteiger partial charge in [0.15, 0.2) is 5.58 Å². The van der Waals surface area contributed by atoms with Crippen molar-refractivity contribution < 1.29 is 4.42 Å². The first-order valence-electron chi connectivity index (χ1n) is 12.7. The molecular weight excluding hydrogens is 466 g/mol. The fraction of sp³-hybridized carbons (Fsp3) is 0. The van der Waals surface area contributed by atoms with E-state index >= 15 is 0 Å². The summed E-state index contributed by atoms with van der Waals surface area (Å²) in [4.78, 5) is 10.0. The van der Waals surface area contributed by atoms with E-state index < -0.39 is 0 Å². The van der Waals surface area contributed by atoms with Crippen LogP contribution in [-0.4, -0.2) is 14.5 Å². The maximum absolute atomic E-state index is 6.46. The predicted octanol–water partition coefficient (Wildman–Crippen LogP) is 8.81. The van der Waals surface area contributed by atoms with Crippen molar-refractivity contribution in [2.45, 2.75) is 0 Å². The van der Waals surface area contributed by atoms with Crippen LogP contribution in [0.3, 0.4) is 0 Å². The number of furan rings is 1. The lowest BCUT2D eigenvalue weighted by Crippen LogP contribution is -1.98. The number of nitrogens with zero attached hydrogens (tertiary/aromatic N) is 3. The molecule has 0 amide bonds. The van der Waals surface area contributed by atoms with Gasteiger partial charge >= 0.3 is 0 Å². The molecule has 178 valence electrons. The quantitative estimate of drug-likeness (QED) is 0.250. The van der Waals surface area contributed by atoms with E-state index in [0.717, 1.165) is 72.2 Å². The Morgan fingerprint density at radius 2 is 1.26 bits per heavy atom. The van der Waals surface area contributed by atoms with Gasteiger partial charge in [0.1, 0.15) is 16.9 Å². The van der Waals surface area contributed by atoms with Gasteiger partial charge in [-0.25, -0.2) is 9.97 Å². The van der Waals surface area contributed by atoms with Crippen LogP contribution in [0.2, 0.25) is 0 Å². The average Bonchev–Trinajstić information content (AvgIpc) is 3.55. The molecule has 0 N–H and O–H groups in total. The number of hydrogen-bond donors (Lipinski definition) is 0. The summed E-state index contributed by atoms with van der Waals surface area (Å²) in [5.74, 6) is 0.914. The molecule has 0 unspecified atom stereocenters. The van der Waals surface area contributed by atoms with Crippen molar-refractivity contribution in [2.24, 2.45) is 0 Å². The highest BCUT2D eigenvalue weighted by Crippen LogP contribution is 2.40. The average molecular weight is 488 g/mol. The second kappa shape index (κ2) is 8.15. The molecule has 0 atom stereocenters. The lowest BCUT2D eigenvalue weighted by atomic mass is 9.99. The summed E-state index contributed by atoms with van der Waals surface area (Å²) in [5, 5.41) is 2.09. The Hall–Kier alpha value is -5.22. The summed E-state index contributed by atoms with van der Waals surface area (Å²) >= 11 is 0. The van der Waals surface area contributed by atoms with Crippen LogP contribution in [0.25, 0.3) is 72.2 Å². The second-order valence-electron chi connectivity index (χ2n) is 9.46. The molecule has 5 aromatic carbocycles. The Morgan fingerprint density at radius 3 is 2.16 bits per heavy atom. The van der Waals surface area contributed by atoms with Gasteiger partial charge in [-0.3, -0.25) is 4.57 Å². The summed E-state index contributed by atoms with van der Waals surface area (Å²) in [6.45, 7) is 0. The zero-order valence-corrected chi connectivity index (χ0v) is 20.4. The molecule has 8 rings (SSSR count). The lowest BCUT2D eigenvalue weighted by molar-refractivity contribution is 0.670. The summed E-state index contributed by atoms with van der Waals surface area (Å²) < 4.78 is 8.70. The van der Waals surface area contributed by atoms with Gasteiger partial charge in [-0.2, -0.15) is 0 Å². The van der Waals surface area contributed by atoms with Crippen molar-refractivity contribution in [3.05, 3.63) is 127 Å². The summed E-state index contributed by atoms with van der Waals surface area (Å²) in [5.41, 5.74) is 9.75.